The van der Waals surface area contributed by atoms with E-state index in [9.17, 15) is 9.59 Å². The predicted octanol–water partition coefficient (Wildman–Crippen LogP) is 2.95. The summed E-state index contributed by atoms with van der Waals surface area (Å²) in [6, 6.07) is 3.48. The Labute approximate surface area is 160 Å². The van der Waals surface area contributed by atoms with Crippen molar-refractivity contribution in [3.05, 3.63) is 39.4 Å². The number of likely N-dealkylation sites (N-methyl/N-ethyl adjacent to an activating group) is 1. The maximum Gasteiger partial charge on any atom is 0.410 e. The lowest BCUT2D eigenvalue weighted by atomic mass is 10.2. The molecule has 0 fully saturated rings. The van der Waals surface area contributed by atoms with Crippen molar-refractivity contribution in [1.82, 2.24) is 19.2 Å². The molecule has 0 saturated carbocycles. The van der Waals surface area contributed by atoms with E-state index in [0.29, 0.717) is 24.6 Å². The first-order chi connectivity index (χ1) is 12.0. The Morgan fingerprint density at radius 1 is 1.42 bits per heavy atom. The maximum absolute atomic E-state index is 12.1. The van der Waals surface area contributed by atoms with Gasteiger partial charge in [-0.2, -0.15) is 5.10 Å². The van der Waals surface area contributed by atoms with Crippen molar-refractivity contribution < 1.29 is 9.53 Å². The van der Waals surface area contributed by atoms with Gasteiger partial charge in [-0.25, -0.2) is 4.79 Å². The SMILES string of the molecule is CN(CCn1ccc(Nc2cc(Br)cn(C)c2=O)n1)C(=O)OC(C)(C)C. The van der Waals surface area contributed by atoms with Gasteiger partial charge >= 0.3 is 6.09 Å². The molecule has 0 aliphatic rings. The van der Waals surface area contributed by atoms with Gasteiger partial charge in [0.1, 0.15) is 11.3 Å². The molecule has 0 aliphatic heterocycles. The normalized spacial score (nSPS) is 11.3. The quantitative estimate of drug-likeness (QED) is 0.795. The molecular formula is C17H24BrN5O3. The molecule has 2 aromatic heterocycles. The van der Waals surface area contributed by atoms with Crippen LogP contribution in [0, 0.1) is 0 Å². The van der Waals surface area contributed by atoms with Crippen molar-refractivity contribution in [2.24, 2.45) is 7.05 Å². The van der Waals surface area contributed by atoms with Gasteiger partial charge in [0, 0.05) is 43.6 Å². The molecule has 142 valence electrons. The lowest BCUT2D eigenvalue weighted by Gasteiger charge is -2.24. The van der Waals surface area contributed by atoms with Gasteiger partial charge in [-0.1, -0.05) is 0 Å². The summed E-state index contributed by atoms with van der Waals surface area (Å²) in [5.74, 6) is 0.556. The molecule has 0 bridgehead atoms. The number of nitrogens with zero attached hydrogens (tertiary/aromatic N) is 4. The van der Waals surface area contributed by atoms with Gasteiger partial charge in [-0.05, 0) is 42.8 Å². The highest BCUT2D eigenvalue weighted by molar-refractivity contribution is 9.10. The summed E-state index contributed by atoms with van der Waals surface area (Å²) in [5, 5.41) is 7.39. The highest BCUT2D eigenvalue weighted by Crippen LogP contribution is 2.15. The highest BCUT2D eigenvalue weighted by atomic mass is 79.9. The van der Waals surface area contributed by atoms with Crippen molar-refractivity contribution in [3.63, 3.8) is 0 Å². The third-order valence-corrected chi connectivity index (χ3v) is 3.86. The number of ether oxygens (including phenoxy) is 1. The fourth-order valence-electron chi connectivity index (χ4n) is 2.13. The molecular weight excluding hydrogens is 402 g/mol. The van der Waals surface area contributed by atoms with Crippen LogP contribution in [0.4, 0.5) is 16.3 Å². The summed E-state index contributed by atoms with van der Waals surface area (Å²) < 4.78 is 9.29. The molecule has 0 spiro atoms. The number of halogens is 1. The van der Waals surface area contributed by atoms with Gasteiger partial charge in [-0.15, -0.1) is 0 Å². The predicted molar refractivity (Wildman–Crippen MR) is 104 cm³/mol. The van der Waals surface area contributed by atoms with Gasteiger partial charge in [0.2, 0.25) is 0 Å². The summed E-state index contributed by atoms with van der Waals surface area (Å²) in [6.07, 6.45) is 3.10. The van der Waals surface area contributed by atoms with Crippen LogP contribution in [0.1, 0.15) is 20.8 Å². The van der Waals surface area contributed by atoms with E-state index in [4.69, 9.17) is 4.74 Å². The van der Waals surface area contributed by atoms with Crippen LogP contribution < -0.4 is 10.9 Å². The number of carbonyl (C=O) groups excluding carboxylic acids is 1. The topological polar surface area (TPSA) is 81.4 Å². The third-order valence-electron chi connectivity index (χ3n) is 3.42. The van der Waals surface area contributed by atoms with E-state index in [1.54, 1.807) is 43.3 Å². The van der Waals surface area contributed by atoms with Gasteiger partial charge in [0.05, 0.1) is 6.54 Å². The fourth-order valence-corrected chi connectivity index (χ4v) is 2.67. The van der Waals surface area contributed by atoms with Crippen molar-refractivity contribution in [3.8, 4) is 0 Å². The first-order valence-corrected chi connectivity index (χ1v) is 8.95. The second-order valence-corrected chi connectivity index (χ2v) is 7.89. The second-order valence-electron chi connectivity index (χ2n) is 6.98. The molecule has 0 atom stereocenters. The lowest BCUT2D eigenvalue weighted by molar-refractivity contribution is 0.0292. The molecule has 1 amide bonds. The fraction of sp³-hybridized carbons (Fsp3) is 0.471. The molecule has 1 N–H and O–H groups in total. The van der Waals surface area contributed by atoms with Crippen LogP contribution in [0.2, 0.25) is 0 Å². The second kappa shape index (κ2) is 7.94. The third kappa shape index (κ3) is 5.62. The summed E-state index contributed by atoms with van der Waals surface area (Å²) >= 11 is 3.37. The molecule has 0 unspecified atom stereocenters. The number of nitrogens with one attached hydrogen (secondary N) is 1. The van der Waals surface area contributed by atoms with Gasteiger partial charge in [0.25, 0.3) is 5.56 Å². The van der Waals surface area contributed by atoms with Crippen molar-refractivity contribution in [1.29, 1.82) is 0 Å². The van der Waals surface area contributed by atoms with E-state index >= 15 is 0 Å². The summed E-state index contributed by atoms with van der Waals surface area (Å²) in [5.41, 5.74) is -0.241. The minimum atomic E-state index is -0.524. The van der Waals surface area contributed by atoms with E-state index in [2.05, 4.69) is 26.3 Å². The molecule has 0 saturated heterocycles. The van der Waals surface area contributed by atoms with E-state index in [1.807, 2.05) is 20.8 Å². The monoisotopic (exact) mass is 425 g/mol. The summed E-state index contributed by atoms with van der Waals surface area (Å²) in [4.78, 5) is 25.6. The largest absolute Gasteiger partial charge is 0.444 e. The number of aryl methyl sites for hydroxylation is 1. The zero-order valence-electron chi connectivity index (χ0n) is 15.6. The van der Waals surface area contributed by atoms with Gasteiger partial charge < -0.3 is 19.5 Å². The Balaban J connectivity index is 1.96. The Morgan fingerprint density at radius 2 is 2.12 bits per heavy atom. The molecule has 2 heterocycles. The standard InChI is InChI=1S/C17H24BrN5O3/c1-17(2,3)26-16(25)21(4)8-9-23-7-6-14(20-23)19-13-10-12(18)11-22(5)15(13)24/h6-7,10-11H,8-9H2,1-5H3,(H,19,20). The van der Waals surface area contributed by atoms with Crippen LogP contribution in [0.5, 0.6) is 0 Å². The molecule has 0 aliphatic carbocycles. The molecule has 0 radical (unpaired) electrons. The summed E-state index contributed by atoms with van der Waals surface area (Å²) in [7, 11) is 3.37. The smallest absolute Gasteiger partial charge is 0.410 e. The number of hydrogen-bond acceptors (Lipinski definition) is 5. The summed E-state index contributed by atoms with van der Waals surface area (Å²) in [6.45, 7) is 6.45. The van der Waals surface area contributed by atoms with E-state index in [0.717, 1.165) is 4.47 Å². The number of hydrogen-bond donors (Lipinski definition) is 1. The molecule has 0 aromatic carbocycles. The number of amides is 1. The first-order valence-electron chi connectivity index (χ1n) is 8.16. The van der Waals surface area contributed by atoms with E-state index in [-0.39, 0.29) is 11.7 Å². The Morgan fingerprint density at radius 3 is 2.77 bits per heavy atom. The molecule has 8 nitrogen and oxygen atoms in total. The van der Waals surface area contributed by atoms with Crippen molar-refractivity contribution >= 4 is 33.5 Å². The van der Waals surface area contributed by atoms with E-state index in [1.165, 1.54) is 9.47 Å². The first kappa shape index (κ1) is 20.0. The average Bonchev–Trinajstić information content (AvgIpc) is 2.95. The van der Waals surface area contributed by atoms with Gasteiger partial charge in [0.15, 0.2) is 5.82 Å². The minimum Gasteiger partial charge on any atom is -0.444 e. The van der Waals surface area contributed by atoms with Crippen LogP contribution >= 0.6 is 15.9 Å². The van der Waals surface area contributed by atoms with Crippen LogP contribution in [-0.4, -0.2) is 44.5 Å². The Kier molecular flexibility index (Phi) is 6.12. The maximum atomic E-state index is 12.1. The minimum absolute atomic E-state index is 0.146. The lowest BCUT2D eigenvalue weighted by Crippen LogP contribution is -2.36. The van der Waals surface area contributed by atoms with Crippen LogP contribution in [0.15, 0.2) is 33.8 Å². The number of aromatic nitrogens is 3. The molecule has 9 heteroatoms. The number of pyridine rings is 1. The highest BCUT2D eigenvalue weighted by Gasteiger charge is 2.19. The van der Waals surface area contributed by atoms with E-state index < -0.39 is 5.60 Å². The number of anilines is 2. The molecule has 2 aromatic rings. The Bertz CT molecular complexity index is 838. The zero-order chi connectivity index (χ0) is 19.5. The number of rotatable bonds is 5. The van der Waals surface area contributed by atoms with Crippen molar-refractivity contribution in [2.75, 3.05) is 18.9 Å². The van der Waals surface area contributed by atoms with Crippen LogP contribution in [0.3, 0.4) is 0 Å². The average molecular weight is 426 g/mol. The zero-order valence-corrected chi connectivity index (χ0v) is 17.2. The van der Waals surface area contributed by atoms with Crippen LogP contribution in [0.25, 0.3) is 0 Å². The van der Waals surface area contributed by atoms with Crippen LogP contribution in [-0.2, 0) is 18.3 Å². The van der Waals surface area contributed by atoms with Crippen molar-refractivity contribution in [2.45, 2.75) is 32.9 Å². The Hall–Kier alpha value is -2.29. The molecule has 26 heavy (non-hydrogen) atoms. The molecule has 2 rings (SSSR count). The number of carbonyl (C=O) groups is 1. The van der Waals surface area contributed by atoms with Gasteiger partial charge in [-0.3, -0.25) is 9.48 Å².